The maximum absolute atomic E-state index is 13.1. The summed E-state index contributed by atoms with van der Waals surface area (Å²) in [6.45, 7) is 1.11. The third-order valence-corrected chi connectivity index (χ3v) is 5.45. The van der Waals surface area contributed by atoms with Gasteiger partial charge in [0.1, 0.15) is 11.5 Å². The number of carbonyl (C=O) groups is 2. The van der Waals surface area contributed by atoms with Crippen LogP contribution in [0, 0.1) is 11.7 Å². The molecule has 7 heteroatoms. The van der Waals surface area contributed by atoms with E-state index in [0.717, 1.165) is 18.4 Å². The van der Waals surface area contributed by atoms with Gasteiger partial charge in [-0.3, -0.25) is 9.59 Å². The van der Waals surface area contributed by atoms with Crippen molar-refractivity contribution in [2.45, 2.75) is 44.7 Å². The van der Waals surface area contributed by atoms with Crippen LogP contribution in [0.2, 0.25) is 0 Å². The second-order valence-corrected chi connectivity index (χ2v) is 7.39. The van der Waals surface area contributed by atoms with Crippen molar-refractivity contribution in [1.82, 2.24) is 20.2 Å². The van der Waals surface area contributed by atoms with Crippen LogP contribution in [0.5, 0.6) is 0 Å². The Morgan fingerprint density at radius 2 is 1.96 bits per heavy atom. The lowest BCUT2D eigenvalue weighted by Gasteiger charge is -2.25. The van der Waals surface area contributed by atoms with Crippen LogP contribution in [0.15, 0.2) is 30.5 Å². The van der Waals surface area contributed by atoms with Crippen LogP contribution in [0.25, 0.3) is 0 Å². The zero-order chi connectivity index (χ0) is 18.8. The molecule has 27 heavy (non-hydrogen) atoms. The predicted octanol–water partition coefficient (Wildman–Crippen LogP) is 2.82. The molecule has 0 spiro atoms. The molecule has 1 aliphatic carbocycles. The summed E-state index contributed by atoms with van der Waals surface area (Å²) in [6.07, 6.45) is 7.67. The van der Waals surface area contributed by atoms with Crippen LogP contribution in [0.1, 0.15) is 64.8 Å². The summed E-state index contributed by atoms with van der Waals surface area (Å²) in [4.78, 5) is 29.0. The van der Waals surface area contributed by atoms with Crippen LogP contribution in [-0.2, 0) is 6.54 Å². The first-order valence-corrected chi connectivity index (χ1v) is 9.52. The minimum Gasteiger partial charge on any atom is -0.350 e. The lowest BCUT2D eigenvalue weighted by molar-refractivity contribution is 0.0894. The molecule has 2 heterocycles. The Hall–Kier alpha value is -2.70. The molecule has 6 nitrogen and oxygen atoms in total. The summed E-state index contributed by atoms with van der Waals surface area (Å²) >= 11 is 0. The van der Waals surface area contributed by atoms with Gasteiger partial charge in [0.2, 0.25) is 0 Å². The first-order chi connectivity index (χ1) is 13.1. The number of nitrogens with one attached hydrogen (secondary N) is 2. The Bertz CT molecular complexity index is 840. The molecule has 142 valence electrons. The smallest absolute Gasteiger partial charge is 0.287 e. The number of fused-ring (bicyclic) bond motifs is 1. The highest BCUT2D eigenvalue weighted by atomic mass is 19.1. The van der Waals surface area contributed by atoms with Gasteiger partial charge in [-0.05, 0) is 36.5 Å². The van der Waals surface area contributed by atoms with E-state index in [-0.39, 0.29) is 35.2 Å². The number of rotatable bonds is 4. The topological polar surface area (TPSA) is 76.0 Å². The normalized spacial score (nSPS) is 20.0. The van der Waals surface area contributed by atoms with Gasteiger partial charge in [0.05, 0.1) is 6.04 Å². The van der Waals surface area contributed by atoms with Crippen LogP contribution >= 0.6 is 0 Å². The summed E-state index contributed by atoms with van der Waals surface area (Å²) in [5, 5.41) is 5.82. The molecular weight excluding hydrogens is 347 g/mol. The van der Waals surface area contributed by atoms with Crippen molar-refractivity contribution >= 4 is 11.8 Å². The van der Waals surface area contributed by atoms with Crippen molar-refractivity contribution in [3.63, 3.8) is 0 Å². The third kappa shape index (κ3) is 3.86. The molecule has 2 N–H and O–H groups in total. The number of aromatic nitrogens is 2. The maximum Gasteiger partial charge on any atom is 0.287 e. The minimum absolute atomic E-state index is 0.233. The number of hydrogen-bond acceptors (Lipinski definition) is 3. The highest BCUT2D eigenvalue weighted by Crippen LogP contribution is 2.24. The van der Waals surface area contributed by atoms with Gasteiger partial charge in [-0.1, -0.05) is 31.4 Å². The summed E-state index contributed by atoms with van der Waals surface area (Å²) < 4.78 is 14.8. The van der Waals surface area contributed by atoms with E-state index in [1.54, 1.807) is 22.9 Å². The quantitative estimate of drug-likeness (QED) is 0.869. The highest BCUT2D eigenvalue weighted by Gasteiger charge is 2.29. The fourth-order valence-corrected chi connectivity index (χ4v) is 3.91. The fourth-order valence-electron chi connectivity index (χ4n) is 3.91. The van der Waals surface area contributed by atoms with Crippen molar-refractivity contribution in [2.24, 2.45) is 5.92 Å². The summed E-state index contributed by atoms with van der Waals surface area (Å²) in [5.74, 6) is -0.126. The first-order valence-electron chi connectivity index (χ1n) is 9.52. The molecule has 1 fully saturated rings. The number of nitrogens with zero attached hydrogens (tertiary/aromatic N) is 2. The van der Waals surface area contributed by atoms with E-state index in [4.69, 9.17) is 0 Å². The van der Waals surface area contributed by atoms with Crippen LogP contribution in [0.4, 0.5) is 4.39 Å². The number of benzene rings is 1. The Kier molecular flexibility index (Phi) is 4.92. The van der Waals surface area contributed by atoms with Gasteiger partial charge in [-0.15, -0.1) is 0 Å². The van der Waals surface area contributed by atoms with Crippen LogP contribution in [-0.4, -0.2) is 27.9 Å². The molecule has 2 aliphatic rings. The molecule has 0 radical (unpaired) electrons. The predicted molar refractivity (Wildman–Crippen MR) is 97.7 cm³/mol. The van der Waals surface area contributed by atoms with E-state index < -0.39 is 0 Å². The fraction of sp³-hybridized carbons (Fsp3) is 0.450. The Morgan fingerprint density at radius 3 is 2.70 bits per heavy atom. The van der Waals surface area contributed by atoms with E-state index in [2.05, 4.69) is 15.6 Å². The molecule has 1 saturated carbocycles. The van der Waals surface area contributed by atoms with Crippen molar-refractivity contribution < 1.29 is 14.0 Å². The third-order valence-electron chi connectivity index (χ3n) is 5.45. The average molecular weight is 370 g/mol. The van der Waals surface area contributed by atoms with Gasteiger partial charge in [0, 0.05) is 19.3 Å². The van der Waals surface area contributed by atoms with Crippen LogP contribution < -0.4 is 10.6 Å². The van der Waals surface area contributed by atoms with E-state index in [0.29, 0.717) is 19.0 Å². The van der Waals surface area contributed by atoms with Gasteiger partial charge in [0.15, 0.2) is 5.82 Å². The van der Waals surface area contributed by atoms with Crippen molar-refractivity contribution in [3.05, 3.63) is 53.4 Å². The molecule has 2 aromatic rings. The molecular formula is C20H23FN4O2. The zero-order valence-corrected chi connectivity index (χ0v) is 15.1. The van der Waals surface area contributed by atoms with Gasteiger partial charge in [-0.25, -0.2) is 9.37 Å². The van der Waals surface area contributed by atoms with Gasteiger partial charge in [0.25, 0.3) is 11.8 Å². The second-order valence-electron chi connectivity index (χ2n) is 7.39. The molecule has 4 rings (SSSR count). The number of halogens is 1. The lowest BCUT2D eigenvalue weighted by Crippen LogP contribution is -2.38. The molecule has 1 unspecified atom stereocenters. The van der Waals surface area contributed by atoms with Crippen LogP contribution in [0.3, 0.4) is 0 Å². The van der Waals surface area contributed by atoms with E-state index in [1.165, 1.54) is 31.4 Å². The largest absolute Gasteiger partial charge is 0.350 e. The molecule has 2 amide bonds. The Morgan fingerprint density at radius 1 is 1.22 bits per heavy atom. The van der Waals surface area contributed by atoms with Gasteiger partial charge >= 0.3 is 0 Å². The maximum atomic E-state index is 13.1. The summed E-state index contributed by atoms with van der Waals surface area (Å²) in [6, 6.07) is 5.77. The average Bonchev–Trinajstić information content (AvgIpc) is 3.12. The zero-order valence-electron chi connectivity index (χ0n) is 15.1. The van der Waals surface area contributed by atoms with E-state index in [1.807, 2.05) is 0 Å². The van der Waals surface area contributed by atoms with Crippen molar-refractivity contribution in [1.29, 1.82) is 0 Å². The number of imidazole rings is 1. The number of hydrogen-bond donors (Lipinski definition) is 2. The lowest BCUT2D eigenvalue weighted by atomic mass is 9.89. The molecule has 1 aromatic carbocycles. The summed E-state index contributed by atoms with van der Waals surface area (Å²) in [7, 11) is 0. The van der Waals surface area contributed by atoms with Gasteiger partial charge in [-0.2, -0.15) is 0 Å². The van der Waals surface area contributed by atoms with Gasteiger partial charge < -0.3 is 15.2 Å². The SMILES string of the molecule is O=C(NCC1CCCCC1)c1cn2c(n1)C(=O)NC(c1ccc(F)cc1)C2. The first kappa shape index (κ1) is 17.7. The molecule has 0 bridgehead atoms. The highest BCUT2D eigenvalue weighted by molar-refractivity contribution is 5.96. The monoisotopic (exact) mass is 370 g/mol. The number of carbonyl (C=O) groups excluding carboxylic acids is 2. The number of amides is 2. The molecule has 0 saturated heterocycles. The van der Waals surface area contributed by atoms with E-state index >= 15 is 0 Å². The van der Waals surface area contributed by atoms with E-state index in [9.17, 15) is 14.0 Å². The molecule has 1 aliphatic heterocycles. The molecule has 1 aromatic heterocycles. The standard InChI is InChI=1S/C20H23FN4O2/c21-15-8-6-14(7-9-15)16-11-25-12-17(23-18(25)20(27)24-16)19(26)22-10-13-4-2-1-3-5-13/h6-9,12-13,16H,1-5,10-11H2,(H,22,26)(H,24,27). The van der Waals surface area contributed by atoms with Crippen molar-refractivity contribution in [2.75, 3.05) is 6.54 Å². The Balaban J connectivity index is 1.44. The van der Waals surface area contributed by atoms with Crippen molar-refractivity contribution in [3.8, 4) is 0 Å². The second kappa shape index (κ2) is 7.50. The Labute approximate surface area is 157 Å². The summed E-state index contributed by atoms with van der Waals surface area (Å²) in [5.41, 5.74) is 1.07. The molecule has 1 atom stereocenters. The minimum atomic E-state index is -0.332.